The average Bonchev–Trinajstić information content (AvgIpc) is 2.81. The van der Waals surface area contributed by atoms with E-state index in [9.17, 15) is 9.59 Å². The number of fused-ring (bicyclic) bond motifs is 1. The Balaban J connectivity index is 0.00000225. The van der Waals surface area contributed by atoms with Crippen LogP contribution in [0.25, 0.3) is 10.9 Å². The molecule has 3 rings (SSSR count). The van der Waals surface area contributed by atoms with Crippen molar-refractivity contribution >= 4 is 29.2 Å². The molecular weight excluding hydrogens is 340 g/mol. The highest BCUT2D eigenvalue weighted by Crippen LogP contribution is 2.24. The number of hydrogen-bond acceptors (Lipinski definition) is 4. The molecule has 0 atom stereocenters. The number of halogens is 1. The predicted octanol–water partition coefficient (Wildman–Crippen LogP) is 1.99. The third kappa shape index (κ3) is 4.80. The summed E-state index contributed by atoms with van der Waals surface area (Å²) < 4.78 is 1.34. The predicted molar refractivity (Wildman–Crippen MR) is 101 cm³/mol. The highest BCUT2D eigenvalue weighted by molar-refractivity contribution is 5.85. The molecule has 136 valence electrons. The summed E-state index contributed by atoms with van der Waals surface area (Å²) in [6, 6.07) is 7.13. The molecule has 1 aliphatic rings. The molecule has 0 saturated heterocycles. The minimum absolute atomic E-state index is 0. The summed E-state index contributed by atoms with van der Waals surface area (Å²) in [5.41, 5.74) is 6.53. The van der Waals surface area contributed by atoms with Gasteiger partial charge in [0.15, 0.2) is 0 Å². The number of nitrogens with zero attached hydrogens (tertiary/aromatic N) is 2. The van der Waals surface area contributed by atoms with Crippen molar-refractivity contribution in [2.24, 2.45) is 5.73 Å². The van der Waals surface area contributed by atoms with Crippen molar-refractivity contribution in [3.8, 4) is 0 Å². The van der Waals surface area contributed by atoms with Gasteiger partial charge in [-0.15, -0.1) is 12.4 Å². The van der Waals surface area contributed by atoms with Crippen LogP contribution in [-0.4, -0.2) is 27.5 Å². The number of nitrogens with one attached hydrogen (secondary N) is 1. The number of aromatic nitrogens is 2. The zero-order valence-electron chi connectivity index (χ0n) is 14.2. The first-order valence-electron chi connectivity index (χ1n) is 8.57. The minimum atomic E-state index is -0.321. The van der Waals surface area contributed by atoms with Crippen LogP contribution in [0.5, 0.6) is 0 Å². The van der Waals surface area contributed by atoms with Crippen LogP contribution in [-0.2, 0) is 11.3 Å². The Kier molecular flexibility index (Phi) is 6.56. The fourth-order valence-electron chi connectivity index (χ4n) is 3.31. The molecule has 0 radical (unpaired) electrons. The number of nitrogens with two attached hydrogens (primary N) is 1. The molecule has 2 aromatic rings. The van der Waals surface area contributed by atoms with Crippen molar-refractivity contribution in [1.29, 1.82) is 0 Å². The zero-order valence-corrected chi connectivity index (χ0v) is 15.1. The van der Waals surface area contributed by atoms with E-state index in [0.29, 0.717) is 17.4 Å². The van der Waals surface area contributed by atoms with Gasteiger partial charge in [0.05, 0.1) is 17.2 Å². The molecule has 0 spiro atoms. The van der Waals surface area contributed by atoms with E-state index in [1.807, 2.05) is 6.07 Å². The van der Waals surface area contributed by atoms with Crippen LogP contribution in [0.1, 0.15) is 38.5 Å². The lowest BCUT2D eigenvalue weighted by atomic mass is 9.91. The molecule has 1 aromatic carbocycles. The Bertz CT molecular complexity index is 782. The largest absolute Gasteiger partial charge is 0.353 e. The van der Waals surface area contributed by atoms with Crippen LogP contribution in [0.3, 0.4) is 0 Å². The summed E-state index contributed by atoms with van der Waals surface area (Å²) >= 11 is 0. The Labute approximate surface area is 153 Å². The zero-order chi connectivity index (χ0) is 17.0. The molecule has 0 bridgehead atoms. The van der Waals surface area contributed by atoms with Gasteiger partial charge >= 0.3 is 0 Å². The number of amides is 1. The molecule has 3 N–H and O–H groups in total. The lowest BCUT2D eigenvalue weighted by Gasteiger charge is -2.28. The molecule has 6 nitrogen and oxygen atoms in total. The van der Waals surface area contributed by atoms with Crippen molar-refractivity contribution in [1.82, 2.24) is 14.9 Å². The van der Waals surface area contributed by atoms with Crippen LogP contribution in [0.4, 0.5) is 0 Å². The van der Waals surface area contributed by atoms with E-state index in [0.717, 1.165) is 25.7 Å². The number of carbonyl (C=O) groups excluding carboxylic acids is 1. The van der Waals surface area contributed by atoms with Gasteiger partial charge in [-0.1, -0.05) is 37.8 Å². The molecule has 1 amide bonds. The standard InChI is InChI=1S/C18H24N4O2.ClH/c19-18(9-5-1-2-6-10-18)12-20-16(23)11-22-13-21-15-8-4-3-7-14(15)17(22)24;/h3-4,7-8,13H,1-2,5-6,9-12,19H2,(H,20,23);1H. The highest BCUT2D eigenvalue weighted by atomic mass is 35.5. The Morgan fingerprint density at radius 3 is 2.60 bits per heavy atom. The lowest BCUT2D eigenvalue weighted by Crippen LogP contribution is -2.50. The summed E-state index contributed by atoms with van der Waals surface area (Å²) in [6.45, 7) is 0.425. The van der Waals surface area contributed by atoms with Gasteiger partial charge in [0, 0.05) is 12.1 Å². The van der Waals surface area contributed by atoms with Gasteiger partial charge in [0.2, 0.25) is 5.91 Å². The van der Waals surface area contributed by atoms with Gasteiger partial charge in [-0.2, -0.15) is 0 Å². The Hall–Kier alpha value is -1.92. The van der Waals surface area contributed by atoms with Gasteiger partial charge in [0.1, 0.15) is 6.54 Å². The minimum Gasteiger partial charge on any atom is -0.353 e. The van der Waals surface area contributed by atoms with Crippen molar-refractivity contribution < 1.29 is 4.79 Å². The SMILES string of the molecule is Cl.NC1(CNC(=O)Cn2cnc3ccccc3c2=O)CCCCCC1. The summed E-state index contributed by atoms with van der Waals surface area (Å²) in [5.74, 6) is -0.205. The van der Waals surface area contributed by atoms with E-state index in [1.165, 1.54) is 23.7 Å². The third-order valence-electron chi connectivity index (χ3n) is 4.78. The first kappa shape index (κ1) is 19.4. The van der Waals surface area contributed by atoms with Gasteiger partial charge in [-0.25, -0.2) is 4.98 Å². The number of rotatable bonds is 4. The summed E-state index contributed by atoms with van der Waals surface area (Å²) in [5, 5.41) is 3.41. The van der Waals surface area contributed by atoms with Crippen molar-refractivity contribution in [2.45, 2.75) is 50.6 Å². The van der Waals surface area contributed by atoms with Crippen LogP contribution < -0.4 is 16.6 Å². The second-order valence-corrected chi connectivity index (χ2v) is 6.75. The summed E-state index contributed by atoms with van der Waals surface area (Å²) in [7, 11) is 0. The van der Waals surface area contributed by atoms with Crippen LogP contribution in [0.2, 0.25) is 0 Å². The first-order valence-corrected chi connectivity index (χ1v) is 8.57. The van der Waals surface area contributed by atoms with E-state index in [2.05, 4.69) is 10.3 Å². The monoisotopic (exact) mass is 364 g/mol. The normalized spacial score (nSPS) is 16.7. The molecule has 1 aromatic heterocycles. The Morgan fingerprint density at radius 1 is 1.20 bits per heavy atom. The van der Waals surface area contributed by atoms with Gasteiger partial charge in [0.25, 0.3) is 5.56 Å². The van der Waals surface area contributed by atoms with Gasteiger partial charge in [-0.3, -0.25) is 14.2 Å². The van der Waals surface area contributed by atoms with E-state index >= 15 is 0 Å². The highest BCUT2D eigenvalue weighted by Gasteiger charge is 2.26. The molecule has 0 aliphatic heterocycles. The third-order valence-corrected chi connectivity index (χ3v) is 4.78. The number of para-hydroxylation sites is 1. The van der Waals surface area contributed by atoms with E-state index in [1.54, 1.807) is 18.2 Å². The first-order chi connectivity index (χ1) is 11.6. The summed E-state index contributed by atoms with van der Waals surface area (Å²) in [4.78, 5) is 28.8. The van der Waals surface area contributed by atoms with E-state index in [4.69, 9.17) is 5.73 Å². The number of hydrogen-bond donors (Lipinski definition) is 2. The van der Waals surface area contributed by atoms with E-state index in [-0.39, 0.29) is 36.0 Å². The molecular formula is C18H25ClN4O2. The maximum absolute atomic E-state index is 12.4. The molecule has 1 saturated carbocycles. The summed E-state index contributed by atoms with van der Waals surface area (Å²) in [6.07, 6.45) is 7.95. The van der Waals surface area contributed by atoms with Crippen LogP contribution >= 0.6 is 12.4 Å². The number of carbonyl (C=O) groups is 1. The second kappa shape index (κ2) is 8.45. The molecule has 25 heavy (non-hydrogen) atoms. The molecule has 1 heterocycles. The van der Waals surface area contributed by atoms with Crippen LogP contribution in [0.15, 0.2) is 35.4 Å². The molecule has 0 unspecified atom stereocenters. The average molecular weight is 365 g/mol. The van der Waals surface area contributed by atoms with Crippen molar-refractivity contribution in [2.75, 3.05) is 6.54 Å². The molecule has 1 fully saturated rings. The number of benzene rings is 1. The topological polar surface area (TPSA) is 90.0 Å². The van der Waals surface area contributed by atoms with Crippen LogP contribution in [0, 0.1) is 0 Å². The quantitative estimate of drug-likeness (QED) is 0.812. The molecule has 7 heteroatoms. The fraction of sp³-hybridized carbons (Fsp3) is 0.500. The maximum Gasteiger partial charge on any atom is 0.261 e. The Morgan fingerprint density at radius 2 is 1.88 bits per heavy atom. The molecule has 1 aliphatic carbocycles. The smallest absolute Gasteiger partial charge is 0.261 e. The second-order valence-electron chi connectivity index (χ2n) is 6.75. The fourth-order valence-corrected chi connectivity index (χ4v) is 3.31. The maximum atomic E-state index is 12.4. The lowest BCUT2D eigenvalue weighted by molar-refractivity contribution is -0.122. The van der Waals surface area contributed by atoms with Gasteiger partial charge < -0.3 is 11.1 Å². The van der Waals surface area contributed by atoms with E-state index < -0.39 is 0 Å². The van der Waals surface area contributed by atoms with Crippen molar-refractivity contribution in [3.05, 3.63) is 40.9 Å². The van der Waals surface area contributed by atoms with Crippen molar-refractivity contribution in [3.63, 3.8) is 0 Å². The van der Waals surface area contributed by atoms with Gasteiger partial charge in [-0.05, 0) is 25.0 Å².